The van der Waals surface area contributed by atoms with Gasteiger partial charge in [-0.25, -0.2) is 8.42 Å². The van der Waals surface area contributed by atoms with E-state index in [1.807, 2.05) is 39.0 Å². The van der Waals surface area contributed by atoms with Gasteiger partial charge in [-0.1, -0.05) is 24.6 Å². The van der Waals surface area contributed by atoms with Crippen LogP contribution in [0.4, 0.5) is 0 Å². The summed E-state index contributed by atoms with van der Waals surface area (Å²) in [6.45, 7) is 7.01. The Balaban J connectivity index is 1.54. The number of nitrogens with one attached hydrogen (secondary N) is 1. The van der Waals surface area contributed by atoms with Gasteiger partial charge in [0.05, 0.1) is 24.2 Å². The van der Waals surface area contributed by atoms with E-state index >= 15 is 0 Å². The molecule has 1 unspecified atom stereocenters. The molecule has 1 amide bonds. The fraction of sp³-hybridized carbons (Fsp3) is 0.500. The van der Waals surface area contributed by atoms with Gasteiger partial charge in [-0.3, -0.25) is 4.79 Å². The first-order chi connectivity index (χ1) is 16.2. The van der Waals surface area contributed by atoms with Crippen molar-refractivity contribution in [1.82, 2.24) is 9.62 Å². The van der Waals surface area contributed by atoms with Crippen LogP contribution in [0.2, 0.25) is 0 Å². The van der Waals surface area contributed by atoms with Gasteiger partial charge in [0.2, 0.25) is 15.9 Å². The maximum Gasteiger partial charge on any atom is 0.243 e. The van der Waals surface area contributed by atoms with Crippen LogP contribution in [-0.2, 0) is 21.2 Å². The van der Waals surface area contributed by atoms with Crippen LogP contribution in [-0.4, -0.2) is 44.9 Å². The Morgan fingerprint density at radius 2 is 1.68 bits per heavy atom. The summed E-state index contributed by atoms with van der Waals surface area (Å²) in [6, 6.07) is 12.4. The third-order valence-corrected chi connectivity index (χ3v) is 7.86. The standard InChI is InChI=1S/C26H36N2O5S/c1-19(2)33-24-14-11-22(18-25(24)32-4)20(3)27-26(29)15-10-21-8-12-23(13-9-21)34(30,31)28-16-6-5-7-17-28/h8-9,11-14,18-20H,5-7,10,15-17H2,1-4H3,(H,27,29). The molecular formula is C26H36N2O5S. The van der Waals surface area contributed by atoms with Crippen molar-refractivity contribution in [2.24, 2.45) is 0 Å². The Labute approximate surface area is 203 Å². The van der Waals surface area contributed by atoms with Crippen LogP contribution in [0.15, 0.2) is 47.4 Å². The van der Waals surface area contributed by atoms with E-state index < -0.39 is 10.0 Å². The minimum atomic E-state index is -3.44. The van der Waals surface area contributed by atoms with Gasteiger partial charge >= 0.3 is 0 Å². The third-order valence-electron chi connectivity index (χ3n) is 5.94. The van der Waals surface area contributed by atoms with Gasteiger partial charge in [-0.2, -0.15) is 4.31 Å². The predicted octanol–water partition coefficient (Wildman–Crippen LogP) is 4.47. The molecule has 0 radical (unpaired) electrons. The summed E-state index contributed by atoms with van der Waals surface area (Å²) in [7, 11) is -1.84. The molecule has 1 saturated heterocycles. The van der Waals surface area contributed by atoms with Crippen LogP contribution in [0.25, 0.3) is 0 Å². The van der Waals surface area contributed by atoms with E-state index in [9.17, 15) is 13.2 Å². The number of methoxy groups -OCH3 is 1. The third kappa shape index (κ3) is 6.73. The van der Waals surface area contributed by atoms with Crippen molar-refractivity contribution < 1.29 is 22.7 Å². The number of benzene rings is 2. The average Bonchev–Trinajstić information content (AvgIpc) is 2.83. The molecule has 2 aromatic carbocycles. The second kappa shape index (κ2) is 11.7. The van der Waals surface area contributed by atoms with E-state index in [4.69, 9.17) is 9.47 Å². The Hall–Kier alpha value is -2.58. The van der Waals surface area contributed by atoms with Crippen LogP contribution in [0.5, 0.6) is 11.5 Å². The molecule has 186 valence electrons. The summed E-state index contributed by atoms with van der Waals surface area (Å²) in [4.78, 5) is 12.8. The summed E-state index contributed by atoms with van der Waals surface area (Å²) in [5.74, 6) is 1.23. The molecule has 0 aromatic heterocycles. The first kappa shape index (κ1) is 26.0. The highest BCUT2D eigenvalue weighted by atomic mass is 32.2. The van der Waals surface area contributed by atoms with Gasteiger partial charge in [0.25, 0.3) is 0 Å². The van der Waals surface area contributed by atoms with Gasteiger partial charge in [-0.15, -0.1) is 0 Å². The van der Waals surface area contributed by atoms with Gasteiger partial charge in [-0.05, 0) is 75.4 Å². The fourth-order valence-electron chi connectivity index (χ4n) is 4.04. The molecule has 0 bridgehead atoms. The number of hydrogen-bond donors (Lipinski definition) is 1. The predicted molar refractivity (Wildman–Crippen MR) is 133 cm³/mol. The lowest BCUT2D eigenvalue weighted by Gasteiger charge is -2.25. The van der Waals surface area contributed by atoms with E-state index in [-0.39, 0.29) is 18.1 Å². The number of nitrogens with zero attached hydrogens (tertiary/aromatic N) is 1. The quantitative estimate of drug-likeness (QED) is 0.534. The molecule has 1 aliphatic heterocycles. The molecule has 1 heterocycles. The zero-order valence-electron chi connectivity index (χ0n) is 20.5. The number of piperidine rings is 1. The van der Waals surface area contributed by atoms with E-state index in [1.165, 1.54) is 0 Å². The highest BCUT2D eigenvalue weighted by molar-refractivity contribution is 7.89. The molecule has 2 aromatic rings. The zero-order chi connectivity index (χ0) is 24.7. The molecule has 1 atom stereocenters. The Morgan fingerprint density at radius 1 is 1.00 bits per heavy atom. The lowest BCUT2D eigenvalue weighted by atomic mass is 10.1. The zero-order valence-corrected chi connectivity index (χ0v) is 21.4. The Bertz CT molecular complexity index is 1060. The topological polar surface area (TPSA) is 84.9 Å². The largest absolute Gasteiger partial charge is 0.493 e. The number of rotatable bonds is 10. The lowest BCUT2D eigenvalue weighted by molar-refractivity contribution is -0.121. The first-order valence-electron chi connectivity index (χ1n) is 11.9. The van der Waals surface area contributed by atoms with Crippen LogP contribution < -0.4 is 14.8 Å². The van der Waals surface area contributed by atoms with Gasteiger partial charge < -0.3 is 14.8 Å². The van der Waals surface area contributed by atoms with E-state index in [2.05, 4.69) is 5.32 Å². The van der Waals surface area contributed by atoms with Gasteiger partial charge in [0, 0.05) is 19.5 Å². The summed E-state index contributed by atoms with van der Waals surface area (Å²) in [5.41, 5.74) is 1.85. The smallest absolute Gasteiger partial charge is 0.243 e. The van der Waals surface area contributed by atoms with Crippen molar-refractivity contribution in [3.63, 3.8) is 0 Å². The molecule has 8 heteroatoms. The SMILES string of the molecule is COc1cc(C(C)NC(=O)CCc2ccc(S(=O)(=O)N3CCCCC3)cc2)ccc1OC(C)C. The second-order valence-electron chi connectivity index (χ2n) is 8.97. The second-order valence-corrected chi connectivity index (χ2v) is 10.9. The molecule has 1 aliphatic rings. The summed E-state index contributed by atoms with van der Waals surface area (Å²) in [5, 5.41) is 3.02. The van der Waals surface area contributed by atoms with Crippen LogP contribution in [0, 0.1) is 0 Å². The Morgan fingerprint density at radius 3 is 2.29 bits per heavy atom. The number of aryl methyl sites for hydroxylation is 1. The molecule has 0 spiro atoms. The van der Waals surface area contributed by atoms with E-state index in [1.54, 1.807) is 35.7 Å². The number of hydrogen-bond acceptors (Lipinski definition) is 5. The normalized spacial score (nSPS) is 15.7. The molecule has 3 rings (SSSR count). The molecule has 0 saturated carbocycles. The summed E-state index contributed by atoms with van der Waals surface area (Å²) in [6.07, 6.45) is 3.79. The highest BCUT2D eigenvalue weighted by Gasteiger charge is 2.25. The van der Waals surface area contributed by atoms with Crippen molar-refractivity contribution in [2.45, 2.75) is 69.9 Å². The fourth-order valence-corrected chi connectivity index (χ4v) is 5.56. The van der Waals surface area contributed by atoms with E-state index in [0.717, 1.165) is 30.4 Å². The minimum absolute atomic E-state index is 0.0378. The maximum absolute atomic E-state index is 12.8. The summed E-state index contributed by atoms with van der Waals surface area (Å²) >= 11 is 0. The number of carbonyl (C=O) groups excluding carboxylic acids is 1. The van der Waals surface area contributed by atoms with Crippen molar-refractivity contribution in [3.05, 3.63) is 53.6 Å². The van der Waals surface area contributed by atoms with Crippen molar-refractivity contribution in [2.75, 3.05) is 20.2 Å². The Kier molecular flexibility index (Phi) is 8.97. The van der Waals surface area contributed by atoms with Crippen molar-refractivity contribution in [3.8, 4) is 11.5 Å². The highest BCUT2D eigenvalue weighted by Crippen LogP contribution is 2.31. The molecule has 0 aliphatic carbocycles. The lowest BCUT2D eigenvalue weighted by Crippen LogP contribution is -2.35. The molecule has 34 heavy (non-hydrogen) atoms. The molecular weight excluding hydrogens is 452 g/mol. The van der Waals surface area contributed by atoms with Gasteiger partial charge in [0.15, 0.2) is 11.5 Å². The van der Waals surface area contributed by atoms with Gasteiger partial charge in [0.1, 0.15) is 0 Å². The number of carbonyl (C=O) groups is 1. The molecule has 1 N–H and O–H groups in total. The monoisotopic (exact) mass is 488 g/mol. The maximum atomic E-state index is 12.8. The minimum Gasteiger partial charge on any atom is -0.493 e. The van der Waals surface area contributed by atoms with Crippen LogP contribution in [0.1, 0.15) is 63.6 Å². The number of sulfonamides is 1. The van der Waals surface area contributed by atoms with E-state index in [0.29, 0.717) is 42.3 Å². The summed E-state index contributed by atoms with van der Waals surface area (Å²) < 4.78 is 38.3. The average molecular weight is 489 g/mol. The molecule has 1 fully saturated rings. The van der Waals surface area contributed by atoms with Crippen LogP contribution in [0.3, 0.4) is 0 Å². The van der Waals surface area contributed by atoms with Crippen molar-refractivity contribution in [1.29, 1.82) is 0 Å². The first-order valence-corrected chi connectivity index (χ1v) is 13.4. The van der Waals surface area contributed by atoms with Crippen LogP contribution >= 0.6 is 0 Å². The molecule has 7 nitrogen and oxygen atoms in total. The number of ether oxygens (including phenoxy) is 2. The van der Waals surface area contributed by atoms with Crippen molar-refractivity contribution >= 4 is 15.9 Å². The number of amides is 1.